The summed E-state index contributed by atoms with van der Waals surface area (Å²) in [7, 11) is 0. The molecule has 0 aromatic heterocycles. The van der Waals surface area contributed by atoms with E-state index in [1.54, 1.807) is 0 Å². The Balaban J connectivity index is 4.89. The van der Waals surface area contributed by atoms with Gasteiger partial charge in [0, 0.05) is 6.42 Å². The molecule has 0 heterocycles. The molecular formula is C15H23N5O10. The van der Waals surface area contributed by atoms with Crippen molar-refractivity contribution in [3.8, 4) is 0 Å². The fourth-order valence-electron chi connectivity index (χ4n) is 2.01. The minimum atomic E-state index is -1.82. The first-order chi connectivity index (χ1) is 13.8. The van der Waals surface area contributed by atoms with Crippen LogP contribution < -0.4 is 27.4 Å². The summed E-state index contributed by atoms with van der Waals surface area (Å²) in [6.07, 6.45) is -2.25. The van der Waals surface area contributed by atoms with Gasteiger partial charge in [-0.05, 0) is 6.42 Å². The van der Waals surface area contributed by atoms with Crippen LogP contribution in [0.25, 0.3) is 0 Å². The van der Waals surface area contributed by atoms with Crippen molar-refractivity contribution in [3.63, 3.8) is 0 Å². The highest BCUT2D eigenvalue weighted by Crippen LogP contribution is 1.98. The van der Waals surface area contributed by atoms with Crippen molar-refractivity contribution in [3.05, 3.63) is 0 Å². The highest BCUT2D eigenvalue weighted by molar-refractivity contribution is 5.95. The molecule has 0 aliphatic carbocycles. The van der Waals surface area contributed by atoms with Crippen LogP contribution in [0.2, 0.25) is 0 Å². The van der Waals surface area contributed by atoms with Crippen LogP contribution in [0.1, 0.15) is 25.7 Å². The van der Waals surface area contributed by atoms with Crippen molar-refractivity contribution in [2.75, 3.05) is 6.54 Å². The van der Waals surface area contributed by atoms with Gasteiger partial charge in [0.2, 0.25) is 23.6 Å². The van der Waals surface area contributed by atoms with Gasteiger partial charge in [-0.15, -0.1) is 0 Å². The van der Waals surface area contributed by atoms with Gasteiger partial charge in [-0.3, -0.25) is 28.8 Å². The van der Waals surface area contributed by atoms with Crippen LogP contribution in [0.5, 0.6) is 0 Å². The summed E-state index contributed by atoms with van der Waals surface area (Å²) in [5.74, 6) is -8.35. The van der Waals surface area contributed by atoms with Crippen molar-refractivity contribution in [2.24, 2.45) is 11.5 Å². The molecule has 0 spiro atoms. The van der Waals surface area contributed by atoms with E-state index >= 15 is 0 Å². The highest BCUT2D eigenvalue weighted by Gasteiger charge is 2.29. The Morgan fingerprint density at radius 3 is 1.87 bits per heavy atom. The lowest BCUT2D eigenvalue weighted by atomic mass is 10.1. The molecule has 15 nitrogen and oxygen atoms in total. The molecular weight excluding hydrogens is 410 g/mol. The summed E-state index contributed by atoms with van der Waals surface area (Å²) in [6, 6.07) is -4.66. The normalized spacial score (nSPS) is 13.2. The van der Waals surface area contributed by atoms with E-state index in [2.05, 4.69) is 5.32 Å². The Morgan fingerprint density at radius 2 is 1.40 bits per heavy atom. The van der Waals surface area contributed by atoms with E-state index in [0.717, 1.165) is 0 Å². The van der Waals surface area contributed by atoms with Gasteiger partial charge in [-0.2, -0.15) is 0 Å². The van der Waals surface area contributed by atoms with Crippen LogP contribution in [0, 0.1) is 0 Å². The van der Waals surface area contributed by atoms with Gasteiger partial charge < -0.3 is 42.7 Å². The summed E-state index contributed by atoms with van der Waals surface area (Å²) >= 11 is 0. The molecule has 3 unspecified atom stereocenters. The molecule has 0 bridgehead atoms. The van der Waals surface area contributed by atoms with Crippen LogP contribution >= 0.6 is 0 Å². The molecule has 168 valence electrons. The second kappa shape index (κ2) is 12.7. The minimum Gasteiger partial charge on any atom is -0.481 e. The van der Waals surface area contributed by atoms with Gasteiger partial charge in [0.05, 0.1) is 25.4 Å². The lowest BCUT2D eigenvalue weighted by molar-refractivity contribution is -0.147. The predicted octanol–water partition coefficient (Wildman–Crippen LogP) is -4.30. The maximum atomic E-state index is 12.2. The Bertz CT molecular complexity index is 710. The number of primary amides is 1. The molecule has 0 radical (unpaired) electrons. The van der Waals surface area contributed by atoms with Crippen molar-refractivity contribution in [1.82, 2.24) is 16.0 Å². The SMILES string of the molecule is NC(=O)CC(NC(=O)CNC(=O)C(N)CCC(=O)O)C(=O)NC(CC(=O)O)C(=O)O. The molecule has 0 rings (SSSR count). The van der Waals surface area contributed by atoms with E-state index in [1.807, 2.05) is 10.6 Å². The van der Waals surface area contributed by atoms with Crippen molar-refractivity contribution < 1.29 is 48.9 Å². The fourth-order valence-corrected chi connectivity index (χ4v) is 2.01. The average molecular weight is 433 g/mol. The summed E-state index contributed by atoms with van der Waals surface area (Å²) in [4.78, 5) is 79.0. The zero-order valence-corrected chi connectivity index (χ0v) is 15.6. The molecule has 15 heteroatoms. The number of amides is 4. The van der Waals surface area contributed by atoms with Gasteiger partial charge in [-0.1, -0.05) is 0 Å². The smallest absolute Gasteiger partial charge is 0.326 e. The standard InChI is InChI=1S/C15H23N5O10/c16-6(1-2-11(23)24)13(27)18-5-10(22)19-7(3-9(17)21)14(28)20-8(15(29)30)4-12(25)26/h6-8H,1-5,16H2,(H2,17,21)(H,18,27)(H,19,22)(H,20,28)(H,23,24)(H,25,26)(H,29,30). The second-order valence-corrected chi connectivity index (χ2v) is 6.04. The van der Waals surface area contributed by atoms with E-state index in [1.165, 1.54) is 0 Å². The molecule has 30 heavy (non-hydrogen) atoms. The molecule has 3 atom stereocenters. The molecule has 0 aromatic carbocycles. The number of rotatable bonds is 14. The maximum Gasteiger partial charge on any atom is 0.326 e. The monoisotopic (exact) mass is 433 g/mol. The Labute approximate surface area is 169 Å². The topological polar surface area (TPSA) is 268 Å². The van der Waals surface area contributed by atoms with Crippen LogP contribution in [0.15, 0.2) is 0 Å². The molecule has 0 fully saturated rings. The number of nitrogens with one attached hydrogen (secondary N) is 3. The fraction of sp³-hybridized carbons (Fsp3) is 0.533. The zero-order chi connectivity index (χ0) is 23.4. The largest absolute Gasteiger partial charge is 0.481 e. The van der Waals surface area contributed by atoms with Gasteiger partial charge in [0.1, 0.15) is 12.1 Å². The third-order valence-corrected chi connectivity index (χ3v) is 3.48. The number of nitrogens with two attached hydrogens (primary N) is 2. The molecule has 10 N–H and O–H groups in total. The second-order valence-electron chi connectivity index (χ2n) is 6.04. The first-order valence-corrected chi connectivity index (χ1v) is 8.41. The zero-order valence-electron chi connectivity index (χ0n) is 15.6. The molecule has 0 aliphatic heterocycles. The van der Waals surface area contributed by atoms with Crippen LogP contribution in [-0.4, -0.2) is 81.5 Å². The first kappa shape index (κ1) is 26.2. The average Bonchev–Trinajstić information content (AvgIpc) is 2.61. The van der Waals surface area contributed by atoms with Gasteiger partial charge in [0.15, 0.2) is 0 Å². The van der Waals surface area contributed by atoms with Crippen LogP contribution in [0.4, 0.5) is 0 Å². The summed E-state index contributed by atoms with van der Waals surface area (Å²) in [5.41, 5.74) is 10.4. The Morgan fingerprint density at radius 1 is 0.800 bits per heavy atom. The number of carboxylic acid groups (broad SMARTS) is 3. The Hall–Kier alpha value is -3.75. The number of carbonyl (C=O) groups is 7. The first-order valence-electron chi connectivity index (χ1n) is 8.41. The van der Waals surface area contributed by atoms with E-state index < -0.39 is 79.0 Å². The summed E-state index contributed by atoms with van der Waals surface area (Å²) in [5, 5.41) is 32.2. The van der Waals surface area contributed by atoms with Crippen molar-refractivity contribution in [1.29, 1.82) is 0 Å². The predicted molar refractivity (Wildman–Crippen MR) is 95.4 cm³/mol. The molecule has 0 saturated carbocycles. The van der Waals surface area contributed by atoms with Crippen LogP contribution in [0.3, 0.4) is 0 Å². The molecule has 0 aliphatic rings. The van der Waals surface area contributed by atoms with E-state index in [9.17, 15) is 33.6 Å². The van der Waals surface area contributed by atoms with Gasteiger partial charge in [0.25, 0.3) is 0 Å². The maximum absolute atomic E-state index is 12.2. The molecule has 0 aromatic rings. The highest BCUT2D eigenvalue weighted by atomic mass is 16.4. The number of carboxylic acids is 3. The van der Waals surface area contributed by atoms with E-state index in [0.29, 0.717) is 0 Å². The molecule has 4 amide bonds. The third-order valence-electron chi connectivity index (χ3n) is 3.48. The number of aliphatic carboxylic acids is 3. The number of hydrogen-bond acceptors (Lipinski definition) is 8. The minimum absolute atomic E-state index is 0.185. The summed E-state index contributed by atoms with van der Waals surface area (Å²) in [6.45, 7) is -0.695. The Kier molecular flexibility index (Phi) is 11.1. The van der Waals surface area contributed by atoms with Gasteiger partial charge >= 0.3 is 17.9 Å². The van der Waals surface area contributed by atoms with E-state index in [-0.39, 0.29) is 12.8 Å². The van der Waals surface area contributed by atoms with Gasteiger partial charge in [-0.25, -0.2) is 4.79 Å². The van der Waals surface area contributed by atoms with Crippen molar-refractivity contribution in [2.45, 2.75) is 43.8 Å². The van der Waals surface area contributed by atoms with Crippen molar-refractivity contribution >= 4 is 41.5 Å². The lowest BCUT2D eigenvalue weighted by Crippen LogP contribution is -2.55. The third kappa shape index (κ3) is 11.2. The van der Waals surface area contributed by atoms with Crippen LogP contribution in [-0.2, 0) is 33.6 Å². The summed E-state index contributed by atoms with van der Waals surface area (Å²) < 4.78 is 0. The number of carbonyl (C=O) groups excluding carboxylic acids is 4. The van der Waals surface area contributed by atoms with E-state index in [4.69, 9.17) is 26.8 Å². The quantitative estimate of drug-likeness (QED) is 0.130. The number of hydrogen-bond donors (Lipinski definition) is 8. The molecule has 0 saturated heterocycles. The lowest BCUT2D eigenvalue weighted by Gasteiger charge is -2.20.